The highest BCUT2D eigenvalue weighted by atomic mass is 32.2. The van der Waals surface area contributed by atoms with Gasteiger partial charge in [-0.1, -0.05) is 18.2 Å². The van der Waals surface area contributed by atoms with Crippen LogP contribution in [0.4, 0.5) is 0 Å². The van der Waals surface area contributed by atoms with E-state index in [1.54, 1.807) is 24.3 Å². The van der Waals surface area contributed by atoms with Crippen molar-refractivity contribution in [3.05, 3.63) is 48.3 Å². The minimum atomic E-state index is -3.33. The van der Waals surface area contributed by atoms with Crippen LogP contribution in [0.1, 0.15) is 10.4 Å². The van der Waals surface area contributed by atoms with E-state index in [1.165, 1.54) is 23.1 Å². The fourth-order valence-electron chi connectivity index (χ4n) is 1.67. The third-order valence-electron chi connectivity index (χ3n) is 2.47. The Morgan fingerprint density at radius 2 is 2.00 bits per heavy atom. The van der Waals surface area contributed by atoms with Crippen LogP contribution in [0.3, 0.4) is 0 Å². The van der Waals surface area contributed by atoms with Gasteiger partial charge in [0.1, 0.15) is 0 Å². The number of sulfone groups is 1. The zero-order chi connectivity index (χ0) is 13.2. The summed E-state index contributed by atoms with van der Waals surface area (Å²) in [4.78, 5) is 12.0. The molecule has 1 aromatic carbocycles. The molecule has 1 heterocycles. The molecule has 0 bridgehead atoms. The topological polar surface area (TPSA) is 69.0 Å². The molecule has 0 saturated heterocycles. The van der Waals surface area contributed by atoms with Gasteiger partial charge in [-0.25, -0.2) is 13.1 Å². The van der Waals surface area contributed by atoms with Gasteiger partial charge in [0.15, 0.2) is 9.84 Å². The number of rotatable bonds is 3. The zero-order valence-electron chi connectivity index (χ0n) is 9.78. The molecule has 0 aliphatic rings. The van der Waals surface area contributed by atoms with Crippen LogP contribution in [-0.4, -0.2) is 30.4 Å². The van der Waals surface area contributed by atoms with Crippen molar-refractivity contribution in [3.63, 3.8) is 0 Å². The molecule has 0 aliphatic carbocycles. The largest absolute Gasteiger partial charge is 0.272 e. The molecule has 0 radical (unpaired) electrons. The summed E-state index contributed by atoms with van der Waals surface area (Å²) in [5.41, 5.74) is 0.487. The van der Waals surface area contributed by atoms with Crippen molar-refractivity contribution in [3.8, 4) is 0 Å². The number of carbonyl (C=O) groups is 1. The molecule has 0 N–H and O–H groups in total. The Morgan fingerprint density at radius 3 is 2.61 bits per heavy atom. The van der Waals surface area contributed by atoms with Gasteiger partial charge < -0.3 is 0 Å². The normalized spacial score (nSPS) is 11.4. The number of hydrogen-bond donors (Lipinski definition) is 0. The molecule has 18 heavy (non-hydrogen) atoms. The fourth-order valence-corrected chi connectivity index (χ4v) is 2.61. The first-order chi connectivity index (χ1) is 8.48. The lowest BCUT2D eigenvalue weighted by Crippen LogP contribution is -2.15. The Bertz CT molecular complexity index is 660. The molecule has 94 valence electrons. The SMILES string of the molecule is CS(=O)(=O)c1ccccc1CC(=O)n1cccn1. The highest BCUT2D eigenvalue weighted by Gasteiger charge is 2.15. The average Bonchev–Trinajstić information content (AvgIpc) is 2.81. The first kappa shape index (κ1) is 12.5. The molecule has 0 fully saturated rings. The predicted molar refractivity (Wildman–Crippen MR) is 66.1 cm³/mol. The van der Waals surface area contributed by atoms with E-state index in [4.69, 9.17) is 0 Å². The first-order valence-corrected chi connectivity index (χ1v) is 7.18. The molecule has 0 atom stereocenters. The molecule has 0 unspecified atom stereocenters. The second-order valence-electron chi connectivity index (χ2n) is 3.90. The van der Waals surface area contributed by atoms with Gasteiger partial charge in [-0.05, 0) is 17.7 Å². The summed E-state index contributed by atoms with van der Waals surface area (Å²) in [7, 11) is -3.33. The Hall–Kier alpha value is -1.95. The van der Waals surface area contributed by atoms with E-state index in [0.717, 1.165) is 6.26 Å². The molecule has 2 aromatic rings. The summed E-state index contributed by atoms with van der Waals surface area (Å²) in [6.07, 6.45) is 4.17. The molecule has 0 saturated carbocycles. The van der Waals surface area contributed by atoms with E-state index in [1.807, 2.05) is 0 Å². The van der Waals surface area contributed by atoms with E-state index in [0.29, 0.717) is 5.56 Å². The quantitative estimate of drug-likeness (QED) is 0.834. The van der Waals surface area contributed by atoms with E-state index in [9.17, 15) is 13.2 Å². The van der Waals surface area contributed by atoms with Gasteiger partial charge in [-0.3, -0.25) is 4.79 Å². The van der Waals surface area contributed by atoms with Crippen LogP contribution < -0.4 is 0 Å². The van der Waals surface area contributed by atoms with Crippen LogP contribution in [-0.2, 0) is 16.3 Å². The second kappa shape index (κ2) is 4.73. The van der Waals surface area contributed by atoms with Crippen molar-refractivity contribution in [2.24, 2.45) is 0 Å². The average molecular weight is 264 g/mol. The summed E-state index contributed by atoms with van der Waals surface area (Å²) in [5.74, 6) is -0.267. The van der Waals surface area contributed by atoms with Crippen LogP contribution >= 0.6 is 0 Å². The maximum atomic E-state index is 11.9. The van der Waals surface area contributed by atoms with E-state index in [2.05, 4.69) is 5.10 Å². The zero-order valence-corrected chi connectivity index (χ0v) is 10.6. The maximum absolute atomic E-state index is 11.9. The number of nitrogens with zero attached hydrogens (tertiary/aromatic N) is 2. The Labute approximate surface area is 105 Å². The summed E-state index contributed by atoms with van der Waals surface area (Å²) in [6.45, 7) is 0. The van der Waals surface area contributed by atoms with E-state index >= 15 is 0 Å². The van der Waals surface area contributed by atoms with E-state index < -0.39 is 9.84 Å². The smallest absolute Gasteiger partial charge is 0.251 e. The van der Waals surface area contributed by atoms with Crippen molar-refractivity contribution >= 4 is 15.7 Å². The lowest BCUT2D eigenvalue weighted by Gasteiger charge is -2.06. The minimum Gasteiger partial charge on any atom is -0.272 e. The molecule has 2 rings (SSSR count). The molecular weight excluding hydrogens is 252 g/mol. The third-order valence-corrected chi connectivity index (χ3v) is 3.67. The van der Waals surface area contributed by atoms with Crippen LogP contribution in [0.5, 0.6) is 0 Å². The van der Waals surface area contributed by atoms with Crippen molar-refractivity contribution in [1.29, 1.82) is 0 Å². The number of hydrogen-bond acceptors (Lipinski definition) is 4. The Kier molecular flexibility index (Phi) is 3.29. The van der Waals surface area contributed by atoms with Crippen LogP contribution in [0.25, 0.3) is 0 Å². The highest BCUT2D eigenvalue weighted by Crippen LogP contribution is 2.16. The van der Waals surface area contributed by atoms with Crippen molar-refractivity contribution in [2.75, 3.05) is 6.26 Å². The van der Waals surface area contributed by atoms with Crippen molar-refractivity contribution < 1.29 is 13.2 Å². The predicted octanol–water partition coefficient (Wildman–Crippen LogP) is 1.17. The second-order valence-corrected chi connectivity index (χ2v) is 5.89. The molecule has 1 aromatic heterocycles. The minimum absolute atomic E-state index is 0.00488. The molecule has 0 amide bonds. The molecule has 6 heteroatoms. The number of aromatic nitrogens is 2. The van der Waals surface area contributed by atoms with Gasteiger partial charge in [-0.2, -0.15) is 5.10 Å². The molecule has 0 spiro atoms. The van der Waals surface area contributed by atoms with Gasteiger partial charge in [0.25, 0.3) is 5.91 Å². The first-order valence-electron chi connectivity index (χ1n) is 5.29. The van der Waals surface area contributed by atoms with Gasteiger partial charge in [0.2, 0.25) is 0 Å². The summed E-state index contributed by atoms with van der Waals surface area (Å²) in [6, 6.07) is 8.12. The molecule has 0 aliphatic heterocycles. The van der Waals surface area contributed by atoms with Crippen LogP contribution in [0.2, 0.25) is 0 Å². The highest BCUT2D eigenvalue weighted by molar-refractivity contribution is 7.90. The van der Waals surface area contributed by atoms with Gasteiger partial charge in [0, 0.05) is 18.6 Å². The Morgan fingerprint density at radius 1 is 1.28 bits per heavy atom. The van der Waals surface area contributed by atoms with Crippen LogP contribution in [0, 0.1) is 0 Å². The van der Waals surface area contributed by atoms with Crippen molar-refractivity contribution in [2.45, 2.75) is 11.3 Å². The summed E-state index contributed by atoms with van der Waals surface area (Å²) in [5, 5.41) is 3.82. The lowest BCUT2D eigenvalue weighted by molar-refractivity contribution is 0.0898. The monoisotopic (exact) mass is 264 g/mol. The Balaban J connectivity index is 2.33. The fraction of sp³-hybridized carbons (Fsp3) is 0.167. The van der Waals surface area contributed by atoms with Crippen LogP contribution in [0.15, 0.2) is 47.6 Å². The van der Waals surface area contributed by atoms with E-state index in [-0.39, 0.29) is 17.2 Å². The third kappa shape index (κ3) is 2.65. The molecular formula is C12H12N2O3S. The summed E-state index contributed by atoms with van der Waals surface area (Å²) < 4.78 is 24.4. The van der Waals surface area contributed by atoms with Crippen molar-refractivity contribution in [1.82, 2.24) is 9.78 Å². The number of carbonyl (C=O) groups excluding carboxylic acids is 1. The summed E-state index contributed by atoms with van der Waals surface area (Å²) >= 11 is 0. The standard InChI is InChI=1S/C12H12N2O3S/c1-18(16,17)11-6-3-2-5-10(11)9-12(15)14-8-4-7-13-14/h2-8H,9H2,1H3. The van der Waals surface area contributed by atoms with Gasteiger partial charge >= 0.3 is 0 Å². The van der Waals surface area contributed by atoms with Gasteiger partial charge in [0.05, 0.1) is 11.3 Å². The number of benzene rings is 1. The van der Waals surface area contributed by atoms with Gasteiger partial charge in [-0.15, -0.1) is 0 Å². The maximum Gasteiger partial charge on any atom is 0.251 e. The lowest BCUT2D eigenvalue weighted by atomic mass is 10.1. The molecule has 5 nitrogen and oxygen atoms in total.